The number of alkyl halides is 2. The molecular formula is C19H21F2N3O2. The summed E-state index contributed by atoms with van der Waals surface area (Å²) in [5.74, 6) is -2.12. The number of rotatable bonds is 3. The van der Waals surface area contributed by atoms with Crippen LogP contribution in [0, 0.1) is 23.2 Å². The number of pyridine rings is 1. The molecular weight excluding hydrogens is 340 g/mol. The lowest BCUT2D eigenvalue weighted by molar-refractivity contribution is -0.129. The van der Waals surface area contributed by atoms with Gasteiger partial charge < -0.3 is 10.6 Å². The Kier molecular flexibility index (Phi) is 3.12. The fraction of sp³-hybridized carbons (Fsp3) is 0.632. The topological polar surface area (TPSA) is 76.3 Å². The number of likely N-dealkylation sites (tertiary alicyclic amines) is 1. The second kappa shape index (κ2) is 5.02. The molecule has 2 N–H and O–H groups in total. The van der Waals surface area contributed by atoms with Crippen LogP contribution in [0.2, 0.25) is 0 Å². The first-order valence-electron chi connectivity index (χ1n) is 9.22. The van der Waals surface area contributed by atoms with Gasteiger partial charge in [-0.1, -0.05) is 0 Å². The fourth-order valence-electron chi connectivity index (χ4n) is 6.34. The van der Waals surface area contributed by atoms with Crippen LogP contribution in [-0.2, 0) is 4.79 Å². The maximum Gasteiger partial charge on any atom is 0.282 e. The molecule has 2 heterocycles. The Morgan fingerprint density at radius 1 is 1.19 bits per heavy atom. The van der Waals surface area contributed by atoms with Gasteiger partial charge in [-0.2, -0.15) is 0 Å². The van der Waals surface area contributed by atoms with Crippen molar-refractivity contribution in [1.29, 1.82) is 0 Å². The molecule has 1 aromatic heterocycles. The summed E-state index contributed by atoms with van der Waals surface area (Å²) in [4.78, 5) is 30.1. The number of carbonyl (C=O) groups is 2. The van der Waals surface area contributed by atoms with Gasteiger partial charge in [0.2, 0.25) is 5.91 Å². The van der Waals surface area contributed by atoms with Crippen LogP contribution in [0.4, 0.5) is 8.78 Å². The number of halogens is 2. The molecule has 0 radical (unpaired) electrons. The molecule has 2 amide bonds. The molecule has 2 atom stereocenters. The first kappa shape index (κ1) is 16.1. The van der Waals surface area contributed by atoms with Gasteiger partial charge >= 0.3 is 0 Å². The molecule has 0 spiro atoms. The van der Waals surface area contributed by atoms with Gasteiger partial charge in [0.25, 0.3) is 11.8 Å². The summed E-state index contributed by atoms with van der Waals surface area (Å²) in [7, 11) is 0. The van der Waals surface area contributed by atoms with Crippen LogP contribution in [0.5, 0.6) is 0 Å². The van der Waals surface area contributed by atoms with Gasteiger partial charge in [-0.3, -0.25) is 14.6 Å². The molecule has 4 aliphatic carbocycles. The highest BCUT2D eigenvalue weighted by Crippen LogP contribution is 2.69. The Morgan fingerprint density at radius 3 is 2.38 bits per heavy atom. The van der Waals surface area contributed by atoms with E-state index in [-0.39, 0.29) is 23.1 Å². The van der Waals surface area contributed by atoms with Crippen LogP contribution in [0.1, 0.15) is 47.5 Å². The number of nitrogens with two attached hydrogens (primary N) is 1. The van der Waals surface area contributed by atoms with E-state index >= 15 is 0 Å². The lowest BCUT2D eigenvalue weighted by atomic mass is 9.65. The van der Waals surface area contributed by atoms with Crippen molar-refractivity contribution in [1.82, 2.24) is 9.88 Å². The van der Waals surface area contributed by atoms with Crippen molar-refractivity contribution in [3.05, 3.63) is 29.6 Å². The third kappa shape index (κ3) is 2.03. The smallest absolute Gasteiger partial charge is 0.282 e. The average molecular weight is 361 g/mol. The minimum atomic E-state index is -2.78. The van der Waals surface area contributed by atoms with E-state index in [4.69, 9.17) is 5.73 Å². The largest absolute Gasteiger partial charge is 0.369 e. The standard InChI is InChI=1S/C19H21F2N3O2/c20-19(21)8-24(9-19)16(25)14-7-23-2-1-13(14)15-10-3-12-4-11(15)6-18(12,5-10)17(22)26/h1-2,7,10-12,15H,3-6,8-9H2,(H2,22,26). The highest BCUT2D eigenvalue weighted by molar-refractivity contribution is 5.96. The summed E-state index contributed by atoms with van der Waals surface area (Å²) < 4.78 is 26.3. The second-order valence-electron chi connectivity index (χ2n) is 8.62. The molecule has 0 aromatic carbocycles. The number of hydrogen-bond acceptors (Lipinski definition) is 3. The van der Waals surface area contributed by atoms with Gasteiger partial charge in [0, 0.05) is 12.4 Å². The van der Waals surface area contributed by atoms with Gasteiger partial charge in [-0.25, -0.2) is 8.78 Å². The number of nitrogens with zero attached hydrogens (tertiary/aromatic N) is 2. The predicted molar refractivity (Wildman–Crippen MR) is 88.4 cm³/mol. The molecule has 5 nitrogen and oxygen atoms in total. The molecule has 6 rings (SSSR count). The Hall–Kier alpha value is -2.05. The lowest BCUT2D eigenvalue weighted by Gasteiger charge is -2.41. The molecule has 5 fully saturated rings. The summed E-state index contributed by atoms with van der Waals surface area (Å²) in [6.45, 7) is -1.05. The molecule has 26 heavy (non-hydrogen) atoms. The summed E-state index contributed by atoms with van der Waals surface area (Å²) >= 11 is 0. The highest BCUT2D eigenvalue weighted by Gasteiger charge is 2.64. The van der Waals surface area contributed by atoms with Gasteiger partial charge in [-0.15, -0.1) is 0 Å². The van der Waals surface area contributed by atoms with E-state index in [1.165, 1.54) is 11.1 Å². The molecule has 2 unspecified atom stereocenters. The number of hydrogen-bond donors (Lipinski definition) is 1. The third-order valence-electron chi connectivity index (χ3n) is 7.29. The van der Waals surface area contributed by atoms with Gasteiger partial charge in [0.15, 0.2) is 0 Å². The van der Waals surface area contributed by atoms with Crippen molar-refractivity contribution in [2.45, 2.75) is 37.5 Å². The zero-order valence-corrected chi connectivity index (χ0v) is 14.3. The quantitative estimate of drug-likeness (QED) is 0.896. The summed E-state index contributed by atoms with van der Waals surface area (Å²) in [6, 6.07) is 1.86. The maximum atomic E-state index is 13.2. The maximum absolute atomic E-state index is 13.2. The van der Waals surface area contributed by atoms with Crippen LogP contribution in [0.25, 0.3) is 0 Å². The normalized spacial score (nSPS) is 39.1. The van der Waals surface area contributed by atoms with Gasteiger partial charge in [0.1, 0.15) is 0 Å². The van der Waals surface area contributed by atoms with Crippen molar-refractivity contribution >= 4 is 11.8 Å². The Balaban J connectivity index is 1.46. The monoisotopic (exact) mass is 361 g/mol. The molecule has 4 bridgehead atoms. The summed E-state index contributed by atoms with van der Waals surface area (Å²) in [5, 5.41) is 0. The third-order valence-corrected chi connectivity index (χ3v) is 7.29. The SMILES string of the molecule is NC(=O)C12CC3CC1CC(C2)C3c1ccncc1C(=O)N1CC(F)(F)C1. The number of primary amides is 1. The summed E-state index contributed by atoms with van der Waals surface area (Å²) in [5.41, 5.74) is 6.72. The molecule has 1 saturated heterocycles. The van der Waals surface area contributed by atoms with Crippen LogP contribution in [0.15, 0.2) is 18.5 Å². The van der Waals surface area contributed by atoms with Crippen LogP contribution < -0.4 is 5.73 Å². The average Bonchev–Trinajstić information content (AvgIpc) is 3.01. The molecule has 5 aliphatic rings. The summed E-state index contributed by atoms with van der Waals surface area (Å²) in [6.07, 6.45) is 6.66. The van der Waals surface area contributed by atoms with Crippen molar-refractivity contribution in [2.24, 2.45) is 28.9 Å². The van der Waals surface area contributed by atoms with E-state index in [1.807, 2.05) is 6.07 Å². The van der Waals surface area contributed by atoms with Crippen LogP contribution >= 0.6 is 0 Å². The van der Waals surface area contributed by atoms with Crippen LogP contribution in [0.3, 0.4) is 0 Å². The highest BCUT2D eigenvalue weighted by atomic mass is 19.3. The van der Waals surface area contributed by atoms with Crippen molar-refractivity contribution in [2.75, 3.05) is 13.1 Å². The van der Waals surface area contributed by atoms with E-state index in [0.717, 1.165) is 31.2 Å². The van der Waals surface area contributed by atoms with Crippen molar-refractivity contribution < 1.29 is 18.4 Å². The number of aromatic nitrogens is 1. The first-order valence-corrected chi connectivity index (χ1v) is 9.22. The van der Waals surface area contributed by atoms with Gasteiger partial charge in [-0.05, 0) is 61.0 Å². The van der Waals surface area contributed by atoms with E-state index in [1.54, 1.807) is 6.20 Å². The minimum absolute atomic E-state index is 0.181. The first-order chi connectivity index (χ1) is 12.3. The van der Waals surface area contributed by atoms with E-state index in [2.05, 4.69) is 4.98 Å². The lowest BCUT2D eigenvalue weighted by Crippen LogP contribution is -2.58. The van der Waals surface area contributed by atoms with Crippen LogP contribution in [-0.4, -0.2) is 40.7 Å². The number of carbonyl (C=O) groups excluding carboxylic acids is 2. The van der Waals surface area contributed by atoms with E-state index in [9.17, 15) is 18.4 Å². The van der Waals surface area contributed by atoms with Gasteiger partial charge in [0.05, 0.1) is 24.1 Å². The zero-order chi connectivity index (χ0) is 18.3. The fourth-order valence-corrected chi connectivity index (χ4v) is 6.34. The zero-order valence-electron chi connectivity index (χ0n) is 14.3. The molecule has 1 aromatic rings. The molecule has 7 heteroatoms. The van der Waals surface area contributed by atoms with Crippen molar-refractivity contribution in [3.63, 3.8) is 0 Å². The minimum Gasteiger partial charge on any atom is -0.369 e. The van der Waals surface area contributed by atoms with Crippen molar-refractivity contribution in [3.8, 4) is 0 Å². The molecule has 1 aliphatic heterocycles. The molecule has 4 saturated carbocycles. The van der Waals surface area contributed by atoms with E-state index in [0.29, 0.717) is 23.3 Å². The number of amides is 2. The Labute approximate surface area is 149 Å². The Morgan fingerprint density at radius 2 is 1.85 bits per heavy atom. The van der Waals surface area contributed by atoms with E-state index < -0.39 is 19.0 Å². The second-order valence-corrected chi connectivity index (χ2v) is 8.62. The Bertz CT molecular complexity index is 788. The molecule has 138 valence electrons. The predicted octanol–water partition coefficient (Wildman–Crippen LogP) is 2.18.